The summed E-state index contributed by atoms with van der Waals surface area (Å²) < 4.78 is 10.1. The molecule has 1 aliphatic rings. The Hall–Kier alpha value is -2.11. The number of carbonyl (C=O) groups is 2. The Morgan fingerprint density at radius 3 is 2.48 bits per heavy atom. The lowest BCUT2D eigenvalue weighted by Crippen LogP contribution is -2.41. The third kappa shape index (κ3) is 4.68. The third-order valence-electron chi connectivity index (χ3n) is 3.80. The Morgan fingerprint density at radius 2 is 1.91 bits per heavy atom. The molecule has 0 aliphatic carbocycles. The van der Waals surface area contributed by atoms with Gasteiger partial charge in [-0.25, -0.2) is 14.6 Å². The predicted molar refractivity (Wildman–Crippen MR) is 85.4 cm³/mol. The van der Waals surface area contributed by atoms with E-state index in [0.717, 1.165) is 18.4 Å². The normalized spacial score (nSPS) is 16.1. The highest BCUT2D eigenvalue weighted by Gasteiger charge is 2.27. The second-order valence-electron chi connectivity index (χ2n) is 6.71. The van der Waals surface area contributed by atoms with Crippen molar-refractivity contribution in [3.05, 3.63) is 29.6 Å². The van der Waals surface area contributed by atoms with Crippen LogP contribution in [0.3, 0.4) is 0 Å². The van der Waals surface area contributed by atoms with Crippen LogP contribution in [0.4, 0.5) is 4.79 Å². The number of piperidine rings is 1. The number of hydrogen-bond acceptors (Lipinski definition) is 5. The van der Waals surface area contributed by atoms with Crippen molar-refractivity contribution in [2.24, 2.45) is 0 Å². The van der Waals surface area contributed by atoms with E-state index in [-0.39, 0.29) is 6.09 Å². The first-order valence-electron chi connectivity index (χ1n) is 7.82. The SMILES string of the molecule is COC(=O)c1cc(C2CCN(C(=O)OC(C)(C)C)CC2)ccn1. The zero-order chi connectivity index (χ0) is 17.0. The molecule has 1 amide bonds. The van der Waals surface area contributed by atoms with Crippen molar-refractivity contribution >= 4 is 12.1 Å². The van der Waals surface area contributed by atoms with Crippen molar-refractivity contribution in [2.75, 3.05) is 20.2 Å². The molecule has 0 bridgehead atoms. The molecular weight excluding hydrogens is 296 g/mol. The summed E-state index contributed by atoms with van der Waals surface area (Å²) in [5.41, 5.74) is 0.901. The lowest BCUT2D eigenvalue weighted by molar-refractivity contribution is 0.0204. The van der Waals surface area contributed by atoms with E-state index in [2.05, 4.69) is 4.98 Å². The molecule has 0 unspecified atom stereocenters. The molecule has 0 radical (unpaired) electrons. The molecule has 6 heteroatoms. The average molecular weight is 320 g/mol. The largest absolute Gasteiger partial charge is 0.464 e. The summed E-state index contributed by atoms with van der Waals surface area (Å²) in [7, 11) is 1.34. The van der Waals surface area contributed by atoms with E-state index in [1.54, 1.807) is 17.2 Å². The van der Waals surface area contributed by atoms with Gasteiger partial charge in [-0.2, -0.15) is 0 Å². The second-order valence-corrected chi connectivity index (χ2v) is 6.71. The van der Waals surface area contributed by atoms with E-state index < -0.39 is 11.6 Å². The molecule has 0 N–H and O–H groups in total. The van der Waals surface area contributed by atoms with Crippen molar-refractivity contribution in [2.45, 2.75) is 45.1 Å². The zero-order valence-electron chi connectivity index (χ0n) is 14.2. The van der Waals surface area contributed by atoms with Gasteiger partial charge in [-0.3, -0.25) is 0 Å². The quantitative estimate of drug-likeness (QED) is 0.784. The molecule has 1 aromatic rings. The highest BCUT2D eigenvalue weighted by Crippen LogP contribution is 2.28. The summed E-state index contributed by atoms with van der Waals surface area (Å²) in [6, 6.07) is 3.69. The van der Waals surface area contributed by atoms with Crippen molar-refractivity contribution in [1.29, 1.82) is 0 Å². The standard InChI is InChI=1S/C17H24N2O4/c1-17(2,3)23-16(21)19-9-6-12(7-10-19)13-5-8-18-14(11-13)15(20)22-4/h5,8,11-12H,6-7,9-10H2,1-4H3. The molecule has 0 atom stereocenters. The van der Waals surface area contributed by atoms with E-state index in [9.17, 15) is 9.59 Å². The van der Waals surface area contributed by atoms with Crippen LogP contribution in [-0.4, -0.2) is 47.7 Å². The Kier molecular flexibility index (Phi) is 5.23. The molecule has 0 spiro atoms. The van der Waals surface area contributed by atoms with Crippen LogP contribution in [-0.2, 0) is 9.47 Å². The summed E-state index contributed by atoms with van der Waals surface area (Å²) in [5.74, 6) is -0.127. The molecule has 23 heavy (non-hydrogen) atoms. The maximum absolute atomic E-state index is 12.1. The van der Waals surface area contributed by atoms with Gasteiger partial charge < -0.3 is 14.4 Å². The van der Waals surface area contributed by atoms with Gasteiger partial charge in [-0.15, -0.1) is 0 Å². The van der Waals surface area contributed by atoms with Gasteiger partial charge in [-0.05, 0) is 57.2 Å². The number of nitrogens with zero attached hydrogens (tertiary/aromatic N) is 2. The number of rotatable bonds is 2. The number of methoxy groups -OCH3 is 1. The molecule has 126 valence electrons. The zero-order valence-corrected chi connectivity index (χ0v) is 14.2. The molecule has 0 saturated carbocycles. The van der Waals surface area contributed by atoms with Gasteiger partial charge >= 0.3 is 12.1 Å². The summed E-state index contributed by atoms with van der Waals surface area (Å²) in [4.78, 5) is 29.4. The minimum absolute atomic E-state index is 0.263. The van der Waals surface area contributed by atoms with Gasteiger partial charge in [-0.1, -0.05) is 0 Å². The first-order valence-corrected chi connectivity index (χ1v) is 7.82. The number of ether oxygens (including phenoxy) is 2. The van der Waals surface area contributed by atoms with Crippen LogP contribution in [0.5, 0.6) is 0 Å². The Morgan fingerprint density at radius 1 is 1.26 bits per heavy atom. The highest BCUT2D eigenvalue weighted by molar-refractivity contribution is 5.87. The van der Waals surface area contributed by atoms with Gasteiger partial charge in [0.1, 0.15) is 11.3 Å². The monoisotopic (exact) mass is 320 g/mol. The number of aromatic nitrogens is 1. The number of likely N-dealkylation sites (tertiary alicyclic amines) is 1. The van der Waals surface area contributed by atoms with Crippen molar-refractivity contribution < 1.29 is 19.1 Å². The number of amides is 1. The maximum atomic E-state index is 12.1. The minimum atomic E-state index is -0.478. The fourth-order valence-corrected chi connectivity index (χ4v) is 2.64. The van der Waals surface area contributed by atoms with Gasteiger partial charge in [0.15, 0.2) is 0 Å². The minimum Gasteiger partial charge on any atom is -0.464 e. The van der Waals surface area contributed by atoms with Gasteiger partial charge in [0.2, 0.25) is 0 Å². The first kappa shape index (κ1) is 17.2. The van der Waals surface area contributed by atoms with E-state index in [4.69, 9.17) is 9.47 Å². The van der Waals surface area contributed by atoms with Crippen molar-refractivity contribution in [1.82, 2.24) is 9.88 Å². The molecular formula is C17H24N2O4. The smallest absolute Gasteiger partial charge is 0.410 e. The van der Waals surface area contributed by atoms with Gasteiger partial charge in [0.25, 0.3) is 0 Å². The van der Waals surface area contributed by atoms with Crippen LogP contribution in [0.25, 0.3) is 0 Å². The maximum Gasteiger partial charge on any atom is 0.410 e. The van der Waals surface area contributed by atoms with E-state index >= 15 is 0 Å². The van der Waals surface area contributed by atoms with Crippen molar-refractivity contribution in [3.63, 3.8) is 0 Å². The van der Waals surface area contributed by atoms with Gasteiger partial charge in [0.05, 0.1) is 7.11 Å². The Labute approximate surface area is 136 Å². The van der Waals surface area contributed by atoms with Crippen LogP contribution in [0.2, 0.25) is 0 Å². The van der Waals surface area contributed by atoms with E-state index in [1.165, 1.54) is 7.11 Å². The number of carbonyl (C=O) groups excluding carboxylic acids is 2. The summed E-state index contributed by atoms with van der Waals surface area (Å²) >= 11 is 0. The molecule has 6 nitrogen and oxygen atoms in total. The second kappa shape index (κ2) is 6.98. The number of pyridine rings is 1. The van der Waals surface area contributed by atoms with Crippen LogP contribution in [0, 0.1) is 0 Å². The lowest BCUT2D eigenvalue weighted by atomic mass is 9.90. The summed E-state index contributed by atoms with van der Waals surface area (Å²) in [5, 5.41) is 0. The Bertz CT molecular complexity index is 572. The van der Waals surface area contributed by atoms with Crippen LogP contribution < -0.4 is 0 Å². The molecule has 1 aliphatic heterocycles. The molecule has 2 rings (SSSR count). The first-order chi connectivity index (χ1) is 10.8. The summed E-state index contributed by atoms with van der Waals surface area (Å²) in [6.07, 6.45) is 3.04. The van der Waals surface area contributed by atoms with Crippen LogP contribution in [0.15, 0.2) is 18.3 Å². The van der Waals surface area contributed by atoms with Crippen molar-refractivity contribution in [3.8, 4) is 0 Å². The van der Waals surface area contributed by atoms with E-state index in [1.807, 2.05) is 26.8 Å². The third-order valence-corrected chi connectivity index (χ3v) is 3.80. The number of esters is 1. The van der Waals surface area contributed by atoms with Crippen LogP contribution in [0.1, 0.15) is 55.6 Å². The molecule has 1 saturated heterocycles. The topological polar surface area (TPSA) is 68.7 Å². The molecule has 1 aromatic heterocycles. The lowest BCUT2D eigenvalue weighted by Gasteiger charge is -2.33. The van der Waals surface area contributed by atoms with Gasteiger partial charge in [0, 0.05) is 19.3 Å². The number of hydrogen-bond donors (Lipinski definition) is 0. The Balaban J connectivity index is 1.97. The fourth-order valence-electron chi connectivity index (χ4n) is 2.64. The van der Waals surface area contributed by atoms with E-state index in [0.29, 0.717) is 24.7 Å². The predicted octanol–water partition coefficient (Wildman–Crippen LogP) is 2.98. The van der Waals surface area contributed by atoms with Crippen LogP contribution >= 0.6 is 0 Å². The fraction of sp³-hybridized carbons (Fsp3) is 0.588. The molecule has 0 aromatic carbocycles. The molecule has 2 heterocycles. The average Bonchev–Trinajstić information content (AvgIpc) is 2.53. The highest BCUT2D eigenvalue weighted by atomic mass is 16.6. The molecule has 1 fully saturated rings. The summed E-state index contributed by atoms with van der Waals surface area (Å²) in [6.45, 7) is 6.89.